The first kappa shape index (κ1) is 78.4. The third-order valence-corrected chi connectivity index (χ3v) is 33.0. The molecule has 10 heteroatoms. The Kier molecular flexibility index (Phi) is 23.1. The van der Waals surface area contributed by atoms with Crippen LogP contribution in [0, 0.1) is 6.92 Å². The molecule has 0 radical (unpaired) electrons. The van der Waals surface area contributed by atoms with Crippen molar-refractivity contribution in [2.45, 2.75) is 13.8 Å². The van der Waals surface area contributed by atoms with Gasteiger partial charge in [0, 0.05) is 144 Å². The van der Waals surface area contributed by atoms with Crippen LogP contribution in [0.1, 0.15) is 111 Å². The molecule has 122 heavy (non-hydrogen) atoms. The Labute approximate surface area is 749 Å². The van der Waals surface area contributed by atoms with Crippen molar-refractivity contribution in [3.63, 3.8) is 0 Å². The molecular weight excluding hydrogens is 1670 g/mol. The molecule has 20 rings (SSSR count). The maximum Gasteiger partial charge on any atom is 0.0369 e. The van der Waals surface area contributed by atoms with Crippen LogP contribution in [-0.4, -0.2) is 0 Å². The van der Waals surface area contributed by atoms with Crippen LogP contribution in [0.5, 0.6) is 0 Å². The maximum atomic E-state index is 2.37. The van der Waals surface area contributed by atoms with Gasteiger partial charge < -0.3 is 0 Å². The topological polar surface area (TPSA) is 0 Å². The van der Waals surface area contributed by atoms with E-state index in [1.807, 2.05) is 113 Å². The minimum Gasteiger partial charge on any atom is -0.141 e. The summed E-state index contributed by atoms with van der Waals surface area (Å²) in [5, 5.41) is 0. The molecule has 0 spiro atoms. The minimum atomic E-state index is 1.18. The smallest absolute Gasteiger partial charge is 0.0369 e. The zero-order valence-corrected chi connectivity index (χ0v) is 74.7. The number of hydrogen-bond donors (Lipinski definition) is 0. The summed E-state index contributed by atoms with van der Waals surface area (Å²) in [7, 11) is 0. The molecule has 20 aromatic rings. The first-order chi connectivity index (χ1) is 60.3. The van der Waals surface area contributed by atoms with E-state index in [2.05, 4.69) is 438 Å². The molecule has 0 aliphatic carbocycles. The zero-order chi connectivity index (χ0) is 81.7. The highest BCUT2D eigenvalue weighted by molar-refractivity contribution is 7.17. The van der Waals surface area contributed by atoms with E-state index >= 15 is 0 Å². The predicted molar refractivity (Wildman–Crippen MR) is 531 cm³/mol. The first-order valence-electron chi connectivity index (χ1n) is 40.5. The van der Waals surface area contributed by atoms with Gasteiger partial charge in [0.15, 0.2) is 0 Å². The van der Waals surface area contributed by atoms with Crippen LogP contribution in [0.2, 0.25) is 0 Å². The summed E-state index contributed by atoms with van der Waals surface area (Å²) in [6.45, 7) is 4.44. The summed E-state index contributed by atoms with van der Waals surface area (Å²) in [6, 6.07) is 157. The molecule has 0 N–H and O–H groups in total. The van der Waals surface area contributed by atoms with E-state index in [9.17, 15) is 0 Å². The SMILES string of the molecule is C/C(c1ccccc1)=c1/cc/c(=C(\c2ccccc2)c2ccc(/C(c3ccccc3)=c3/cc/c(=C(\c4ccccc4)c4ccc(/C(c5ccccc5)=c5/cc/c(=C(\c6ccccc6)c6ccc(/C(c7ccccc7)=c7/cc/c(=C(\c8ccccc8)c8ccc(/C(c9ccccc9)=c9/cc/c(=C(\c%10ccccc%10)c%10ccc(C)s%10)s9)s8)s7)s6)s5)s4)s3)s2)s1. The lowest BCUT2D eigenvalue weighted by Gasteiger charge is -2.07. The van der Waals surface area contributed by atoms with Crippen LogP contribution in [0.25, 0.3) is 55.7 Å². The maximum absolute atomic E-state index is 2.37. The van der Waals surface area contributed by atoms with Gasteiger partial charge in [-0.15, -0.1) is 113 Å². The Balaban J connectivity index is 0.705. The van der Waals surface area contributed by atoms with Crippen molar-refractivity contribution in [3.05, 3.63) is 574 Å². The van der Waals surface area contributed by atoms with Crippen LogP contribution in [0.3, 0.4) is 0 Å². The molecule has 584 valence electrons. The molecule has 0 saturated carbocycles. The van der Waals surface area contributed by atoms with Gasteiger partial charge in [-0.05, 0) is 196 Å². The van der Waals surface area contributed by atoms with Gasteiger partial charge >= 0.3 is 0 Å². The molecule has 0 nitrogen and oxygen atoms in total. The molecule has 0 aliphatic heterocycles. The minimum absolute atomic E-state index is 1.18. The number of benzene rings is 10. The summed E-state index contributed by atoms with van der Waals surface area (Å²) in [6.07, 6.45) is 0. The van der Waals surface area contributed by atoms with Crippen LogP contribution < -0.4 is 45.3 Å². The molecule has 0 saturated heterocycles. The van der Waals surface area contributed by atoms with E-state index < -0.39 is 0 Å². The molecule has 0 aliphatic rings. The molecule has 10 aromatic heterocycles. The molecule has 0 atom stereocenters. The van der Waals surface area contributed by atoms with Crippen molar-refractivity contribution in [2.24, 2.45) is 0 Å². The largest absolute Gasteiger partial charge is 0.141 e. The average Bonchev–Trinajstić information content (AvgIpc) is 1.64. The fourth-order valence-electron chi connectivity index (χ4n) is 16.0. The summed E-state index contributed by atoms with van der Waals surface area (Å²) in [5.74, 6) is 0. The Morgan fingerprint density at radius 3 is 0.434 bits per heavy atom. The molecule has 0 amide bonds. The van der Waals surface area contributed by atoms with Crippen molar-refractivity contribution < 1.29 is 0 Å². The Morgan fingerprint density at radius 1 is 0.131 bits per heavy atom. The van der Waals surface area contributed by atoms with Gasteiger partial charge in [0.2, 0.25) is 0 Å². The Hall–Kier alpha value is -12.1. The van der Waals surface area contributed by atoms with Crippen molar-refractivity contribution in [2.75, 3.05) is 0 Å². The lowest BCUT2D eigenvalue weighted by molar-refractivity contribution is 1.55. The molecule has 10 aromatic carbocycles. The van der Waals surface area contributed by atoms with Crippen molar-refractivity contribution in [1.29, 1.82) is 0 Å². The second-order valence-corrected chi connectivity index (χ2v) is 40.6. The van der Waals surface area contributed by atoms with Crippen molar-refractivity contribution in [3.8, 4) is 0 Å². The van der Waals surface area contributed by atoms with Gasteiger partial charge in [-0.25, -0.2) is 0 Å². The Morgan fingerprint density at radius 2 is 0.270 bits per heavy atom. The molecule has 0 bridgehead atoms. The van der Waals surface area contributed by atoms with Gasteiger partial charge in [-0.3, -0.25) is 0 Å². The molecule has 0 fully saturated rings. The van der Waals surface area contributed by atoms with Gasteiger partial charge in [0.25, 0.3) is 0 Å². The standard InChI is InChI=1S/C112H76S10/c1-73-53-54-86(113-73)104(76-35-15-4-16-36-76)88-57-58-90(115-88)106(78-39-19-6-20-40-78)92-61-62-94(117-92)108(80-43-23-8-24-44-80)96-65-66-98(119-96)110(82-47-27-10-28-48-82)100-69-70-102(121-100)112(84-51-31-12-32-52-84)103-72-71-101(122-103)111(83-49-29-11-30-50-83)99-68-67-97(120-99)109(81-45-25-9-26-46-81)95-64-63-93(118-95)107(79-41-21-7-22-42-79)91-60-59-89(116-91)105(77-37-17-5-18-38-77)87-56-55-85(114-87)74(2)75-33-13-3-14-34-75/h3-72H,1-2H3/b85-74+,104-88-,105-87-,106-90-,107-93-,108-96-,109-95-,110-98-,111-101-,112-103-. The van der Waals surface area contributed by atoms with Gasteiger partial charge in [0.05, 0.1) is 0 Å². The molecular formula is C112H76S10. The third-order valence-electron chi connectivity index (χ3n) is 21.8. The van der Waals surface area contributed by atoms with E-state index in [-0.39, 0.29) is 0 Å². The van der Waals surface area contributed by atoms with E-state index in [0.717, 1.165) is 0 Å². The van der Waals surface area contributed by atoms with Crippen molar-refractivity contribution in [1.82, 2.24) is 0 Å². The molecule has 0 unspecified atom stereocenters. The van der Waals surface area contributed by atoms with E-state index in [1.165, 1.54) is 205 Å². The van der Waals surface area contributed by atoms with E-state index in [4.69, 9.17) is 0 Å². The lowest BCUT2D eigenvalue weighted by atomic mass is 10.0. The van der Waals surface area contributed by atoms with E-state index in [1.54, 1.807) is 0 Å². The summed E-state index contributed by atoms with van der Waals surface area (Å²) >= 11 is 18.8. The average molecular weight is 1740 g/mol. The van der Waals surface area contributed by atoms with Gasteiger partial charge in [-0.2, -0.15) is 0 Å². The lowest BCUT2D eigenvalue weighted by Crippen LogP contribution is -2.06. The van der Waals surface area contributed by atoms with E-state index in [0.29, 0.717) is 0 Å². The monoisotopic (exact) mass is 1740 g/mol. The zero-order valence-electron chi connectivity index (χ0n) is 66.5. The van der Waals surface area contributed by atoms with Crippen LogP contribution in [0.4, 0.5) is 0 Å². The van der Waals surface area contributed by atoms with Gasteiger partial charge in [0.1, 0.15) is 0 Å². The second-order valence-electron chi connectivity index (χ2n) is 29.5. The molecule has 10 heterocycles. The summed E-state index contributed by atoms with van der Waals surface area (Å²) < 4.78 is 12.3. The predicted octanol–water partition coefficient (Wildman–Crippen LogP) is 24.1. The number of hydrogen-bond acceptors (Lipinski definition) is 10. The summed E-state index contributed by atoms with van der Waals surface area (Å²) in [4.78, 5) is 12.4. The van der Waals surface area contributed by atoms with Crippen LogP contribution >= 0.6 is 113 Å². The Bertz CT molecular complexity index is 7750. The highest BCUT2D eigenvalue weighted by Crippen LogP contribution is 2.40. The quantitative estimate of drug-likeness (QED) is 0.0757. The summed E-state index contributed by atoms with van der Waals surface area (Å²) in [5.41, 5.74) is 24.4. The third kappa shape index (κ3) is 16.4. The highest BCUT2D eigenvalue weighted by atomic mass is 32.1. The van der Waals surface area contributed by atoms with Crippen molar-refractivity contribution >= 4 is 169 Å². The first-order valence-corrected chi connectivity index (χ1v) is 48.7. The fourth-order valence-corrected chi connectivity index (χ4v) is 28.0. The van der Waals surface area contributed by atoms with Crippen LogP contribution in [-0.2, 0) is 0 Å². The number of thiophene rings is 10. The van der Waals surface area contributed by atoms with Gasteiger partial charge in [-0.1, -0.05) is 303 Å². The number of aryl methyl sites for hydroxylation is 1. The van der Waals surface area contributed by atoms with Crippen LogP contribution in [0.15, 0.2) is 425 Å². The normalized spacial score (nSPS) is 14.1. The highest BCUT2D eigenvalue weighted by Gasteiger charge is 2.23. The fraction of sp³-hybridized carbons (Fsp3) is 0.0179. The second kappa shape index (κ2) is 35.9. The number of rotatable bonds is 19.